The molecule has 2 rings (SSSR count). The summed E-state index contributed by atoms with van der Waals surface area (Å²) in [4.78, 5) is 10.8. The van der Waals surface area contributed by atoms with E-state index >= 15 is 0 Å². The number of sulfonamides is 1. The number of carboxylic acid groups (broad SMARTS) is 1. The first-order valence-corrected chi connectivity index (χ1v) is 9.40. The first-order chi connectivity index (χ1) is 11.5. The lowest BCUT2D eigenvalue weighted by Crippen LogP contribution is -2.24. The maximum Gasteiger partial charge on any atom is 0.262 e. The highest BCUT2D eigenvalue weighted by molar-refractivity contribution is 7.92. The summed E-state index contributed by atoms with van der Waals surface area (Å²) in [5, 5.41) is 10.6. The monoisotopic (exact) mass is 360 g/mol. The first-order valence-electron chi connectivity index (χ1n) is 7.92. The van der Waals surface area contributed by atoms with Crippen LogP contribution in [0.15, 0.2) is 47.4 Å². The van der Waals surface area contributed by atoms with Gasteiger partial charge in [-0.25, -0.2) is 8.42 Å². The number of hydrogen-bond donors (Lipinski definition) is 1. The molecule has 0 bridgehead atoms. The van der Waals surface area contributed by atoms with Crippen molar-refractivity contribution < 1.29 is 18.3 Å². The summed E-state index contributed by atoms with van der Waals surface area (Å²) in [6, 6.07) is 11.6. The average Bonchev–Trinajstić information content (AvgIpc) is 2.47. The van der Waals surface area contributed by atoms with E-state index in [9.17, 15) is 18.3 Å². The summed E-state index contributed by atoms with van der Waals surface area (Å²) in [5.41, 5.74) is 2.36. The SMILES string of the molecule is Cc1ccc(C(C)(C)C)cc1S(=O)(=O)Nc1ccc(CC(=O)[O-])cc1. The van der Waals surface area contributed by atoms with Crippen LogP contribution in [0.3, 0.4) is 0 Å². The van der Waals surface area contributed by atoms with E-state index in [2.05, 4.69) is 4.72 Å². The Kier molecular flexibility index (Phi) is 5.23. The highest BCUT2D eigenvalue weighted by atomic mass is 32.2. The summed E-state index contributed by atoms with van der Waals surface area (Å²) >= 11 is 0. The van der Waals surface area contributed by atoms with Crippen molar-refractivity contribution in [2.75, 3.05) is 4.72 Å². The Hall–Kier alpha value is -2.34. The molecule has 2 aromatic carbocycles. The van der Waals surface area contributed by atoms with Crippen LogP contribution in [0, 0.1) is 6.92 Å². The predicted molar refractivity (Wildman–Crippen MR) is 95.8 cm³/mol. The van der Waals surface area contributed by atoms with Crippen LogP contribution in [0.2, 0.25) is 0 Å². The van der Waals surface area contributed by atoms with E-state index in [1.165, 1.54) is 0 Å². The average molecular weight is 360 g/mol. The van der Waals surface area contributed by atoms with Crippen LogP contribution < -0.4 is 9.83 Å². The van der Waals surface area contributed by atoms with E-state index in [0.29, 0.717) is 16.8 Å². The molecule has 6 heteroatoms. The molecule has 0 amide bonds. The summed E-state index contributed by atoms with van der Waals surface area (Å²) in [7, 11) is -3.74. The van der Waals surface area contributed by atoms with Crippen LogP contribution in [0.25, 0.3) is 0 Å². The topological polar surface area (TPSA) is 86.3 Å². The van der Waals surface area contributed by atoms with E-state index in [4.69, 9.17) is 0 Å². The Morgan fingerprint density at radius 1 is 1.08 bits per heavy atom. The van der Waals surface area contributed by atoms with Crippen molar-refractivity contribution in [1.82, 2.24) is 0 Å². The molecular formula is C19H22NO4S-. The zero-order chi connectivity index (χ0) is 18.8. The van der Waals surface area contributed by atoms with Gasteiger partial charge >= 0.3 is 0 Å². The van der Waals surface area contributed by atoms with E-state index < -0.39 is 16.0 Å². The summed E-state index contributed by atoms with van der Waals surface area (Å²) < 4.78 is 28.0. The Labute approximate surface area is 148 Å². The van der Waals surface area contributed by atoms with Crippen molar-refractivity contribution in [3.8, 4) is 0 Å². The van der Waals surface area contributed by atoms with Gasteiger partial charge in [0.15, 0.2) is 0 Å². The lowest BCUT2D eigenvalue weighted by molar-refractivity contribution is -0.304. The lowest BCUT2D eigenvalue weighted by atomic mass is 9.87. The number of hydrogen-bond acceptors (Lipinski definition) is 4. The third-order valence-electron chi connectivity index (χ3n) is 3.90. The fourth-order valence-electron chi connectivity index (χ4n) is 2.42. The van der Waals surface area contributed by atoms with Gasteiger partial charge in [0.05, 0.1) is 4.90 Å². The number of carboxylic acids is 1. The van der Waals surface area contributed by atoms with Gasteiger partial charge in [0.25, 0.3) is 10.0 Å². The van der Waals surface area contributed by atoms with Gasteiger partial charge in [-0.1, -0.05) is 45.0 Å². The van der Waals surface area contributed by atoms with Gasteiger partial charge in [-0.3, -0.25) is 4.72 Å². The minimum absolute atomic E-state index is 0.162. The molecule has 0 aliphatic carbocycles. The molecule has 0 unspecified atom stereocenters. The number of carbonyl (C=O) groups excluding carboxylic acids is 1. The third kappa shape index (κ3) is 4.82. The fraction of sp³-hybridized carbons (Fsp3) is 0.316. The largest absolute Gasteiger partial charge is 0.550 e. The summed E-state index contributed by atoms with van der Waals surface area (Å²) in [5.74, 6) is -1.18. The molecule has 0 aliphatic heterocycles. The van der Waals surface area contributed by atoms with Crippen molar-refractivity contribution >= 4 is 21.7 Å². The molecule has 0 saturated carbocycles. The highest BCUT2D eigenvalue weighted by Crippen LogP contribution is 2.27. The van der Waals surface area contributed by atoms with Crippen LogP contribution >= 0.6 is 0 Å². The molecule has 1 N–H and O–H groups in total. The number of benzene rings is 2. The minimum atomic E-state index is -3.74. The maximum atomic E-state index is 12.7. The van der Waals surface area contributed by atoms with E-state index in [1.54, 1.807) is 43.3 Å². The Balaban J connectivity index is 2.32. The van der Waals surface area contributed by atoms with Crippen molar-refractivity contribution in [2.45, 2.75) is 44.4 Å². The van der Waals surface area contributed by atoms with Crippen molar-refractivity contribution in [3.05, 3.63) is 59.2 Å². The molecule has 0 saturated heterocycles. The van der Waals surface area contributed by atoms with E-state index in [0.717, 1.165) is 5.56 Å². The molecule has 0 aliphatic rings. The first kappa shape index (κ1) is 19.0. The number of rotatable bonds is 5. The summed E-state index contributed by atoms with van der Waals surface area (Å²) in [6.07, 6.45) is -0.209. The number of aryl methyl sites for hydroxylation is 1. The molecule has 134 valence electrons. The quantitative estimate of drug-likeness (QED) is 0.887. The standard InChI is InChI=1S/C19H23NO4S/c1-13-5-8-15(19(2,3)4)12-17(13)25(23,24)20-16-9-6-14(7-10-16)11-18(21)22/h5-10,12,20H,11H2,1-4H3,(H,21,22)/p-1. The number of nitrogens with one attached hydrogen (secondary N) is 1. The van der Waals surface area contributed by atoms with Gasteiger partial charge in [-0.15, -0.1) is 0 Å². The number of anilines is 1. The van der Waals surface area contributed by atoms with Crippen LogP contribution in [0.5, 0.6) is 0 Å². The number of carbonyl (C=O) groups is 1. The Morgan fingerprint density at radius 3 is 2.20 bits per heavy atom. The zero-order valence-corrected chi connectivity index (χ0v) is 15.6. The van der Waals surface area contributed by atoms with Gasteiger partial charge in [0.2, 0.25) is 0 Å². The second kappa shape index (κ2) is 6.88. The van der Waals surface area contributed by atoms with Gasteiger partial charge < -0.3 is 9.90 Å². The predicted octanol–water partition coefficient (Wildman–Crippen LogP) is 2.39. The van der Waals surface area contributed by atoms with Crippen molar-refractivity contribution in [1.29, 1.82) is 0 Å². The molecular weight excluding hydrogens is 338 g/mol. The van der Waals surface area contributed by atoms with Gasteiger partial charge in [-0.2, -0.15) is 0 Å². The van der Waals surface area contributed by atoms with Crippen LogP contribution in [-0.4, -0.2) is 14.4 Å². The molecule has 0 aromatic heterocycles. The zero-order valence-electron chi connectivity index (χ0n) is 14.8. The van der Waals surface area contributed by atoms with Gasteiger partial charge in [0.1, 0.15) is 0 Å². The van der Waals surface area contributed by atoms with Gasteiger partial charge in [0, 0.05) is 18.1 Å². The second-order valence-electron chi connectivity index (χ2n) is 7.08. The molecule has 25 heavy (non-hydrogen) atoms. The Bertz CT molecular complexity index is 879. The van der Waals surface area contributed by atoms with Crippen molar-refractivity contribution in [2.24, 2.45) is 0 Å². The summed E-state index contributed by atoms with van der Waals surface area (Å²) in [6.45, 7) is 7.83. The van der Waals surface area contributed by atoms with Crippen LogP contribution in [0.4, 0.5) is 5.69 Å². The van der Waals surface area contributed by atoms with E-state index in [-0.39, 0.29) is 16.7 Å². The highest BCUT2D eigenvalue weighted by Gasteiger charge is 2.21. The minimum Gasteiger partial charge on any atom is -0.550 e. The van der Waals surface area contributed by atoms with Crippen LogP contribution in [-0.2, 0) is 26.7 Å². The molecule has 5 nitrogen and oxygen atoms in total. The molecule has 0 atom stereocenters. The Morgan fingerprint density at radius 2 is 1.68 bits per heavy atom. The maximum absolute atomic E-state index is 12.7. The smallest absolute Gasteiger partial charge is 0.262 e. The van der Waals surface area contributed by atoms with Gasteiger partial charge in [-0.05, 0) is 47.2 Å². The van der Waals surface area contributed by atoms with Crippen LogP contribution in [0.1, 0.15) is 37.5 Å². The molecule has 0 heterocycles. The normalized spacial score (nSPS) is 12.0. The molecule has 0 fully saturated rings. The number of aliphatic carboxylic acids is 1. The fourth-order valence-corrected chi connectivity index (χ4v) is 3.75. The van der Waals surface area contributed by atoms with E-state index in [1.807, 2.05) is 26.8 Å². The molecule has 0 spiro atoms. The molecule has 2 aromatic rings. The molecule has 0 radical (unpaired) electrons. The second-order valence-corrected chi connectivity index (χ2v) is 8.73. The van der Waals surface area contributed by atoms with Crippen molar-refractivity contribution in [3.63, 3.8) is 0 Å². The third-order valence-corrected chi connectivity index (χ3v) is 5.42. The lowest BCUT2D eigenvalue weighted by Gasteiger charge is -2.21.